The third-order valence-corrected chi connectivity index (χ3v) is 3.43. The maximum Gasteiger partial charge on any atom is 0.261 e. The zero-order valence-electron chi connectivity index (χ0n) is 11.4. The first-order chi connectivity index (χ1) is 9.87. The minimum Gasteiger partial charge on any atom is -0.299 e. The van der Waals surface area contributed by atoms with E-state index in [9.17, 15) is 18.0 Å². The van der Waals surface area contributed by atoms with Crippen molar-refractivity contribution in [3.63, 3.8) is 0 Å². The predicted octanol–water partition coefficient (Wildman–Crippen LogP) is 0.252. The molecule has 0 fully saturated rings. The van der Waals surface area contributed by atoms with Gasteiger partial charge in [0, 0.05) is 13.0 Å². The first-order valence-corrected chi connectivity index (χ1v) is 8.21. The van der Waals surface area contributed by atoms with Gasteiger partial charge in [-0.15, -0.1) is 0 Å². The number of nitrogens with one attached hydrogen (secondary N) is 1. The number of aryl methyl sites for hydroxylation is 1. The molecular formula is C13H15N3O4S. The van der Waals surface area contributed by atoms with Crippen LogP contribution in [0.2, 0.25) is 0 Å². The third kappa shape index (κ3) is 4.12. The molecule has 0 aliphatic carbocycles. The average molecular weight is 309 g/mol. The summed E-state index contributed by atoms with van der Waals surface area (Å²) >= 11 is 0. The number of nitrogens with zero attached hydrogens (tertiary/aromatic N) is 2. The SMILES string of the molecule is CS(=O)(=O)NC(=O)CCCn1cnc2ccccc2c1=O. The molecule has 0 saturated carbocycles. The van der Waals surface area contributed by atoms with Gasteiger partial charge in [0.25, 0.3) is 5.56 Å². The fourth-order valence-corrected chi connectivity index (χ4v) is 2.45. The Kier molecular flexibility index (Phi) is 4.37. The molecule has 1 aromatic carbocycles. The molecule has 0 atom stereocenters. The van der Waals surface area contributed by atoms with Crippen LogP contribution in [0.1, 0.15) is 12.8 Å². The van der Waals surface area contributed by atoms with Crippen LogP contribution >= 0.6 is 0 Å². The second-order valence-corrected chi connectivity index (χ2v) is 6.41. The van der Waals surface area contributed by atoms with E-state index in [0.29, 0.717) is 23.9 Å². The Labute approximate surface area is 121 Å². The Balaban J connectivity index is 2.03. The van der Waals surface area contributed by atoms with Gasteiger partial charge in [-0.05, 0) is 18.6 Å². The second-order valence-electron chi connectivity index (χ2n) is 4.66. The van der Waals surface area contributed by atoms with Gasteiger partial charge in [-0.3, -0.25) is 18.9 Å². The Morgan fingerprint density at radius 3 is 2.76 bits per heavy atom. The van der Waals surface area contributed by atoms with E-state index >= 15 is 0 Å². The lowest BCUT2D eigenvalue weighted by atomic mass is 10.2. The fraction of sp³-hybridized carbons (Fsp3) is 0.308. The van der Waals surface area contributed by atoms with Gasteiger partial charge in [-0.2, -0.15) is 0 Å². The summed E-state index contributed by atoms with van der Waals surface area (Å²) in [6, 6.07) is 7.00. The summed E-state index contributed by atoms with van der Waals surface area (Å²) in [7, 11) is -3.54. The van der Waals surface area contributed by atoms with Crippen molar-refractivity contribution < 1.29 is 13.2 Å². The van der Waals surface area contributed by atoms with Crippen molar-refractivity contribution in [2.45, 2.75) is 19.4 Å². The fourth-order valence-electron chi connectivity index (χ4n) is 1.93. The minimum absolute atomic E-state index is 0.0202. The van der Waals surface area contributed by atoms with Crippen molar-refractivity contribution >= 4 is 26.8 Å². The van der Waals surface area contributed by atoms with Gasteiger partial charge in [0.2, 0.25) is 15.9 Å². The summed E-state index contributed by atoms with van der Waals surface area (Å²) in [6.45, 7) is 0.299. The maximum absolute atomic E-state index is 12.2. The molecule has 21 heavy (non-hydrogen) atoms. The second kappa shape index (κ2) is 6.04. The Morgan fingerprint density at radius 1 is 1.33 bits per heavy atom. The summed E-state index contributed by atoms with van der Waals surface area (Å²) in [4.78, 5) is 27.7. The first kappa shape index (κ1) is 15.2. The van der Waals surface area contributed by atoms with Crippen LogP contribution in [0.15, 0.2) is 35.4 Å². The number of benzene rings is 1. The highest BCUT2D eigenvalue weighted by atomic mass is 32.2. The summed E-state index contributed by atoms with van der Waals surface area (Å²) < 4.78 is 25.0. The van der Waals surface area contributed by atoms with Crippen LogP contribution < -0.4 is 10.3 Å². The van der Waals surface area contributed by atoms with Crippen LogP contribution in [0.5, 0.6) is 0 Å². The highest BCUT2D eigenvalue weighted by Crippen LogP contribution is 2.05. The molecule has 1 amide bonds. The van der Waals surface area contributed by atoms with Gasteiger partial charge in [0.05, 0.1) is 23.5 Å². The first-order valence-electron chi connectivity index (χ1n) is 6.31. The van der Waals surface area contributed by atoms with Crippen LogP contribution in [0.3, 0.4) is 0 Å². The van der Waals surface area contributed by atoms with E-state index in [1.807, 2.05) is 4.72 Å². The van der Waals surface area contributed by atoms with Crippen LogP contribution in [0.4, 0.5) is 0 Å². The van der Waals surface area contributed by atoms with Crippen LogP contribution in [0.25, 0.3) is 10.9 Å². The zero-order chi connectivity index (χ0) is 15.5. The summed E-state index contributed by atoms with van der Waals surface area (Å²) in [5.41, 5.74) is 0.442. The smallest absolute Gasteiger partial charge is 0.261 e. The van der Waals surface area contributed by atoms with Crippen molar-refractivity contribution in [3.05, 3.63) is 40.9 Å². The van der Waals surface area contributed by atoms with Crippen molar-refractivity contribution in [1.29, 1.82) is 0 Å². The van der Waals surface area contributed by atoms with Gasteiger partial charge in [-0.25, -0.2) is 13.4 Å². The predicted molar refractivity (Wildman–Crippen MR) is 78.2 cm³/mol. The van der Waals surface area contributed by atoms with E-state index in [1.54, 1.807) is 24.3 Å². The van der Waals surface area contributed by atoms with Gasteiger partial charge in [0.1, 0.15) is 0 Å². The van der Waals surface area contributed by atoms with Crippen molar-refractivity contribution in [2.24, 2.45) is 0 Å². The third-order valence-electron chi connectivity index (χ3n) is 2.83. The van der Waals surface area contributed by atoms with Gasteiger partial charge in [-0.1, -0.05) is 12.1 Å². The molecule has 0 saturated heterocycles. The molecule has 112 valence electrons. The largest absolute Gasteiger partial charge is 0.299 e. The molecule has 7 nitrogen and oxygen atoms in total. The van der Waals surface area contributed by atoms with Gasteiger partial charge < -0.3 is 0 Å². The Morgan fingerprint density at radius 2 is 2.05 bits per heavy atom. The lowest BCUT2D eigenvalue weighted by Crippen LogP contribution is -2.29. The molecule has 1 heterocycles. The molecule has 0 aliphatic rings. The molecule has 8 heteroatoms. The van der Waals surface area contributed by atoms with E-state index in [1.165, 1.54) is 10.9 Å². The number of amides is 1. The molecule has 1 N–H and O–H groups in total. The maximum atomic E-state index is 12.2. The van der Waals surface area contributed by atoms with Gasteiger partial charge >= 0.3 is 0 Å². The van der Waals surface area contributed by atoms with E-state index in [0.717, 1.165) is 6.26 Å². The van der Waals surface area contributed by atoms with Crippen molar-refractivity contribution in [2.75, 3.05) is 6.26 Å². The number of fused-ring (bicyclic) bond motifs is 1. The van der Waals surface area contributed by atoms with E-state index in [4.69, 9.17) is 0 Å². The highest BCUT2D eigenvalue weighted by molar-refractivity contribution is 7.89. The number of rotatable bonds is 5. The van der Waals surface area contributed by atoms with Crippen LogP contribution in [0, 0.1) is 0 Å². The molecule has 1 aromatic heterocycles. The molecule has 0 unspecified atom stereocenters. The normalized spacial score (nSPS) is 11.5. The summed E-state index contributed by atoms with van der Waals surface area (Å²) in [5.74, 6) is -0.584. The highest BCUT2D eigenvalue weighted by Gasteiger charge is 2.08. The standard InChI is InChI=1S/C13H15N3O4S/c1-21(19,20)15-12(17)7-4-8-16-9-14-11-6-3-2-5-10(11)13(16)18/h2-3,5-6,9H,4,7-8H2,1H3,(H,15,17). The van der Waals surface area contributed by atoms with E-state index in [-0.39, 0.29) is 12.0 Å². The Bertz CT molecular complexity index is 827. The average Bonchev–Trinajstić information content (AvgIpc) is 2.40. The number of para-hydroxylation sites is 1. The lowest BCUT2D eigenvalue weighted by Gasteiger charge is -2.06. The van der Waals surface area contributed by atoms with Crippen LogP contribution in [-0.2, 0) is 21.4 Å². The summed E-state index contributed by atoms with van der Waals surface area (Å²) in [6.07, 6.45) is 2.72. The van der Waals surface area contributed by atoms with Crippen molar-refractivity contribution in [1.82, 2.24) is 14.3 Å². The van der Waals surface area contributed by atoms with Crippen LogP contribution in [-0.4, -0.2) is 30.1 Å². The minimum atomic E-state index is -3.54. The van der Waals surface area contributed by atoms with E-state index in [2.05, 4.69) is 4.98 Å². The molecule has 2 rings (SSSR count). The molecule has 0 aliphatic heterocycles. The number of hydrogen-bond donors (Lipinski definition) is 1. The molecule has 0 radical (unpaired) electrons. The molecule has 0 bridgehead atoms. The molecule has 2 aromatic rings. The number of sulfonamides is 1. The monoisotopic (exact) mass is 309 g/mol. The number of carbonyl (C=O) groups is 1. The molecule has 0 spiro atoms. The number of carbonyl (C=O) groups excluding carboxylic acids is 1. The quantitative estimate of drug-likeness (QED) is 0.854. The number of hydrogen-bond acceptors (Lipinski definition) is 5. The Hall–Kier alpha value is -2.22. The van der Waals surface area contributed by atoms with Gasteiger partial charge in [0.15, 0.2) is 0 Å². The molecular weight excluding hydrogens is 294 g/mol. The van der Waals surface area contributed by atoms with E-state index < -0.39 is 15.9 Å². The summed E-state index contributed by atoms with van der Waals surface area (Å²) in [5, 5.41) is 0.514. The topological polar surface area (TPSA) is 98.1 Å². The lowest BCUT2D eigenvalue weighted by molar-refractivity contribution is -0.119. The van der Waals surface area contributed by atoms with Crippen molar-refractivity contribution in [3.8, 4) is 0 Å². The number of aromatic nitrogens is 2. The zero-order valence-corrected chi connectivity index (χ0v) is 12.3.